The highest BCUT2D eigenvalue weighted by atomic mass is 35.5. The summed E-state index contributed by atoms with van der Waals surface area (Å²) in [6.07, 6.45) is 3.20. The van der Waals surface area contributed by atoms with E-state index in [2.05, 4.69) is 23.8 Å². The Labute approximate surface area is 114 Å². The van der Waals surface area contributed by atoms with Gasteiger partial charge in [0.25, 0.3) is 0 Å². The van der Waals surface area contributed by atoms with Crippen molar-refractivity contribution in [1.29, 1.82) is 0 Å². The number of aromatic nitrogens is 2. The van der Waals surface area contributed by atoms with Crippen molar-refractivity contribution in [2.24, 2.45) is 5.73 Å². The normalized spacial score (nSPS) is 21.4. The van der Waals surface area contributed by atoms with Crippen molar-refractivity contribution in [2.75, 3.05) is 13.1 Å². The molecule has 2 rings (SSSR count). The quantitative estimate of drug-likeness (QED) is 0.911. The van der Waals surface area contributed by atoms with E-state index in [1.165, 1.54) is 6.42 Å². The summed E-state index contributed by atoms with van der Waals surface area (Å²) in [5.41, 5.74) is 8.17. The monoisotopic (exact) mass is 270 g/mol. The van der Waals surface area contributed by atoms with E-state index in [9.17, 15) is 0 Å². The topological polar surface area (TPSA) is 47.1 Å². The largest absolute Gasteiger partial charge is 0.327 e. The van der Waals surface area contributed by atoms with Crippen molar-refractivity contribution >= 4 is 11.6 Å². The molecule has 2 N–H and O–H groups in total. The van der Waals surface area contributed by atoms with Crippen LogP contribution in [0.1, 0.15) is 38.1 Å². The fourth-order valence-electron chi connectivity index (χ4n) is 2.62. The molecule has 1 atom stereocenters. The molecule has 1 aliphatic heterocycles. The molecule has 0 saturated carbocycles. The minimum Gasteiger partial charge on any atom is -0.327 e. The van der Waals surface area contributed by atoms with Gasteiger partial charge in [-0.05, 0) is 32.7 Å². The molecule has 0 amide bonds. The molecular formula is C13H23ClN4. The number of hydrogen-bond acceptors (Lipinski definition) is 3. The molecule has 0 unspecified atom stereocenters. The summed E-state index contributed by atoms with van der Waals surface area (Å²) in [5, 5.41) is 5.40. The Kier molecular flexibility index (Phi) is 4.65. The maximum Gasteiger partial charge on any atom is 0.0863 e. The van der Waals surface area contributed by atoms with E-state index in [-0.39, 0.29) is 0 Å². The van der Waals surface area contributed by atoms with Crippen LogP contribution in [-0.2, 0) is 19.5 Å². The predicted octanol–water partition coefficient (Wildman–Crippen LogP) is 2.04. The van der Waals surface area contributed by atoms with E-state index in [0.717, 1.165) is 55.4 Å². The Morgan fingerprint density at radius 2 is 2.22 bits per heavy atom. The van der Waals surface area contributed by atoms with Gasteiger partial charge in [-0.2, -0.15) is 5.10 Å². The molecule has 0 aromatic carbocycles. The van der Waals surface area contributed by atoms with Crippen LogP contribution < -0.4 is 5.73 Å². The Morgan fingerprint density at radius 3 is 2.83 bits per heavy atom. The molecule has 1 aromatic heterocycles. The molecule has 1 fully saturated rings. The maximum atomic E-state index is 6.42. The summed E-state index contributed by atoms with van der Waals surface area (Å²) < 4.78 is 2.03. The lowest BCUT2D eigenvalue weighted by atomic mass is 10.1. The molecule has 2 heterocycles. The van der Waals surface area contributed by atoms with Gasteiger partial charge in [-0.25, -0.2) is 0 Å². The molecule has 5 heteroatoms. The van der Waals surface area contributed by atoms with Gasteiger partial charge in [0.2, 0.25) is 0 Å². The Balaban J connectivity index is 2.14. The Bertz CT molecular complexity index is 402. The third kappa shape index (κ3) is 2.87. The smallest absolute Gasteiger partial charge is 0.0863 e. The minimum atomic E-state index is 0.307. The zero-order chi connectivity index (χ0) is 13.1. The van der Waals surface area contributed by atoms with Crippen LogP contribution >= 0.6 is 11.6 Å². The van der Waals surface area contributed by atoms with E-state index in [1.807, 2.05) is 4.68 Å². The van der Waals surface area contributed by atoms with E-state index in [4.69, 9.17) is 17.3 Å². The average molecular weight is 271 g/mol. The van der Waals surface area contributed by atoms with Crippen molar-refractivity contribution < 1.29 is 0 Å². The number of hydrogen-bond donors (Lipinski definition) is 1. The van der Waals surface area contributed by atoms with Gasteiger partial charge < -0.3 is 5.73 Å². The van der Waals surface area contributed by atoms with Gasteiger partial charge in [0, 0.05) is 25.7 Å². The number of halogens is 1. The van der Waals surface area contributed by atoms with Crippen molar-refractivity contribution in [2.45, 2.75) is 52.2 Å². The number of nitrogens with zero attached hydrogens (tertiary/aromatic N) is 3. The number of piperidine rings is 1. The molecule has 0 radical (unpaired) electrons. The third-order valence-electron chi connectivity index (χ3n) is 3.61. The van der Waals surface area contributed by atoms with Crippen molar-refractivity contribution in [3.8, 4) is 0 Å². The first-order valence-electron chi connectivity index (χ1n) is 6.87. The molecule has 102 valence electrons. The van der Waals surface area contributed by atoms with Crippen LogP contribution in [0.5, 0.6) is 0 Å². The highest BCUT2D eigenvalue weighted by Gasteiger charge is 2.21. The van der Waals surface area contributed by atoms with Gasteiger partial charge in [0.15, 0.2) is 0 Å². The molecule has 0 aliphatic carbocycles. The molecule has 1 aliphatic rings. The first kappa shape index (κ1) is 13.8. The number of likely N-dealkylation sites (tertiary alicyclic amines) is 1. The van der Waals surface area contributed by atoms with Crippen LogP contribution in [0.4, 0.5) is 0 Å². The highest BCUT2D eigenvalue weighted by molar-refractivity contribution is 6.31. The first-order chi connectivity index (χ1) is 8.65. The molecule has 4 nitrogen and oxygen atoms in total. The Hall–Kier alpha value is -0.580. The zero-order valence-electron chi connectivity index (χ0n) is 11.3. The van der Waals surface area contributed by atoms with Crippen molar-refractivity contribution in [3.05, 3.63) is 16.4 Å². The van der Waals surface area contributed by atoms with E-state index in [0.29, 0.717) is 6.04 Å². The second-order valence-electron chi connectivity index (χ2n) is 5.01. The van der Waals surface area contributed by atoms with Gasteiger partial charge in [-0.3, -0.25) is 9.58 Å². The summed E-state index contributed by atoms with van der Waals surface area (Å²) in [7, 11) is 0. The summed E-state index contributed by atoms with van der Waals surface area (Å²) in [6.45, 7) is 8.01. The number of aryl methyl sites for hydroxylation is 2. The third-order valence-corrected chi connectivity index (χ3v) is 4.05. The molecule has 0 bridgehead atoms. The van der Waals surface area contributed by atoms with Crippen molar-refractivity contribution in [1.82, 2.24) is 14.7 Å². The Morgan fingerprint density at radius 1 is 1.44 bits per heavy atom. The second kappa shape index (κ2) is 6.04. The fourth-order valence-corrected chi connectivity index (χ4v) is 2.94. The standard InChI is InChI=1S/C13H23ClN4/c1-3-11-13(14)12(18(4-2)16-11)9-17-7-5-6-10(15)8-17/h10H,3-9,15H2,1-2H3/t10-/m1/s1. The lowest BCUT2D eigenvalue weighted by molar-refractivity contribution is 0.196. The van der Waals surface area contributed by atoms with Gasteiger partial charge in [-0.15, -0.1) is 0 Å². The highest BCUT2D eigenvalue weighted by Crippen LogP contribution is 2.24. The lowest BCUT2D eigenvalue weighted by Gasteiger charge is -2.30. The van der Waals surface area contributed by atoms with Gasteiger partial charge in [0.1, 0.15) is 0 Å². The van der Waals surface area contributed by atoms with Gasteiger partial charge >= 0.3 is 0 Å². The predicted molar refractivity (Wildman–Crippen MR) is 74.8 cm³/mol. The molecule has 0 spiro atoms. The van der Waals surface area contributed by atoms with Crippen molar-refractivity contribution in [3.63, 3.8) is 0 Å². The van der Waals surface area contributed by atoms with E-state index < -0.39 is 0 Å². The van der Waals surface area contributed by atoms with Crippen LogP contribution in [0.15, 0.2) is 0 Å². The number of rotatable bonds is 4. The van der Waals surface area contributed by atoms with E-state index >= 15 is 0 Å². The minimum absolute atomic E-state index is 0.307. The summed E-state index contributed by atoms with van der Waals surface area (Å²) >= 11 is 6.42. The second-order valence-corrected chi connectivity index (χ2v) is 5.39. The maximum absolute atomic E-state index is 6.42. The molecule has 18 heavy (non-hydrogen) atoms. The average Bonchev–Trinajstić information content (AvgIpc) is 2.66. The van der Waals surface area contributed by atoms with E-state index in [1.54, 1.807) is 0 Å². The lowest BCUT2D eigenvalue weighted by Crippen LogP contribution is -2.42. The summed E-state index contributed by atoms with van der Waals surface area (Å²) in [5.74, 6) is 0. The summed E-state index contributed by atoms with van der Waals surface area (Å²) in [4.78, 5) is 2.39. The van der Waals surface area contributed by atoms with Crippen LogP contribution in [0.25, 0.3) is 0 Å². The summed E-state index contributed by atoms with van der Waals surface area (Å²) in [6, 6.07) is 0.307. The zero-order valence-corrected chi connectivity index (χ0v) is 12.1. The fraction of sp³-hybridized carbons (Fsp3) is 0.769. The van der Waals surface area contributed by atoms with Crippen LogP contribution in [-0.4, -0.2) is 33.8 Å². The SMILES string of the molecule is CCc1nn(CC)c(CN2CCC[C@@H](N)C2)c1Cl. The van der Waals surface area contributed by atoms with Gasteiger partial charge in [-0.1, -0.05) is 18.5 Å². The van der Waals surface area contributed by atoms with Crippen LogP contribution in [0, 0.1) is 0 Å². The molecule has 1 aromatic rings. The van der Waals surface area contributed by atoms with Crippen LogP contribution in [0.2, 0.25) is 5.02 Å². The first-order valence-corrected chi connectivity index (χ1v) is 7.25. The number of nitrogens with two attached hydrogens (primary N) is 1. The molecule has 1 saturated heterocycles. The van der Waals surface area contributed by atoms with Gasteiger partial charge in [0.05, 0.1) is 16.4 Å². The van der Waals surface area contributed by atoms with Crippen LogP contribution in [0.3, 0.4) is 0 Å². The molecular weight excluding hydrogens is 248 g/mol.